The van der Waals surface area contributed by atoms with Crippen molar-refractivity contribution in [1.29, 1.82) is 0 Å². The van der Waals surface area contributed by atoms with Crippen LogP contribution in [0.5, 0.6) is 5.75 Å². The SMILES string of the molecule is O=C(COc1ccc(Br)cc1F)Nc1ccc(CN2C(=O)CCC2=O)cc1. The van der Waals surface area contributed by atoms with Crippen LogP contribution in [0.25, 0.3) is 0 Å². The van der Waals surface area contributed by atoms with Gasteiger partial charge in [-0.05, 0) is 35.9 Å². The number of ether oxygens (including phenoxy) is 1. The normalized spacial score (nSPS) is 13.8. The maximum absolute atomic E-state index is 13.7. The van der Waals surface area contributed by atoms with E-state index in [1.165, 1.54) is 17.0 Å². The molecule has 0 saturated carbocycles. The van der Waals surface area contributed by atoms with Crippen LogP contribution >= 0.6 is 15.9 Å². The van der Waals surface area contributed by atoms with Gasteiger partial charge in [0, 0.05) is 23.0 Å². The zero-order valence-electron chi connectivity index (χ0n) is 14.2. The van der Waals surface area contributed by atoms with Crippen molar-refractivity contribution in [3.05, 3.63) is 58.3 Å². The third kappa shape index (κ3) is 4.91. The summed E-state index contributed by atoms with van der Waals surface area (Å²) in [6, 6.07) is 11.1. The van der Waals surface area contributed by atoms with E-state index in [1.807, 2.05) is 0 Å². The van der Waals surface area contributed by atoms with Gasteiger partial charge >= 0.3 is 0 Å². The summed E-state index contributed by atoms with van der Waals surface area (Å²) in [4.78, 5) is 36.5. The molecule has 1 fully saturated rings. The fourth-order valence-electron chi connectivity index (χ4n) is 2.61. The fourth-order valence-corrected chi connectivity index (χ4v) is 2.94. The molecule has 3 amide bonds. The minimum Gasteiger partial charge on any atom is -0.481 e. The lowest BCUT2D eigenvalue weighted by atomic mass is 10.2. The molecule has 1 heterocycles. The van der Waals surface area contributed by atoms with Gasteiger partial charge in [0.15, 0.2) is 18.2 Å². The Balaban J connectivity index is 1.52. The predicted octanol–water partition coefficient (Wildman–Crippen LogP) is 3.25. The Morgan fingerprint density at radius 2 is 1.78 bits per heavy atom. The highest BCUT2D eigenvalue weighted by Crippen LogP contribution is 2.21. The summed E-state index contributed by atoms with van der Waals surface area (Å²) in [6.07, 6.45) is 0.512. The average molecular weight is 435 g/mol. The molecule has 1 saturated heterocycles. The first kappa shape index (κ1) is 19.0. The largest absolute Gasteiger partial charge is 0.481 e. The van der Waals surface area contributed by atoms with Crippen LogP contribution in [-0.4, -0.2) is 29.2 Å². The van der Waals surface area contributed by atoms with E-state index in [2.05, 4.69) is 21.2 Å². The van der Waals surface area contributed by atoms with Crippen LogP contribution in [0.1, 0.15) is 18.4 Å². The fraction of sp³-hybridized carbons (Fsp3) is 0.211. The van der Waals surface area contributed by atoms with E-state index in [0.717, 1.165) is 5.56 Å². The van der Waals surface area contributed by atoms with Crippen LogP contribution in [0.3, 0.4) is 0 Å². The predicted molar refractivity (Wildman–Crippen MR) is 99.5 cm³/mol. The number of imide groups is 1. The Bertz CT molecular complexity index is 870. The second kappa shape index (κ2) is 8.30. The lowest BCUT2D eigenvalue weighted by Crippen LogP contribution is -2.28. The molecule has 2 aromatic carbocycles. The van der Waals surface area contributed by atoms with Gasteiger partial charge in [-0.1, -0.05) is 28.1 Å². The van der Waals surface area contributed by atoms with Crippen molar-refractivity contribution in [2.75, 3.05) is 11.9 Å². The molecule has 3 rings (SSSR count). The first-order chi connectivity index (χ1) is 12.9. The minimum absolute atomic E-state index is 0.0105. The Kier molecular flexibility index (Phi) is 5.85. The molecule has 1 N–H and O–H groups in total. The average Bonchev–Trinajstić information content (AvgIpc) is 2.94. The molecular formula is C19H16BrFN2O4. The summed E-state index contributed by atoms with van der Waals surface area (Å²) < 4.78 is 19.4. The number of hydrogen-bond acceptors (Lipinski definition) is 4. The lowest BCUT2D eigenvalue weighted by molar-refractivity contribution is -0.139. The number of benzene rings is 2. The van der Waals surface area contributed by atoms with E-state index in [-0.39, 0.29) is 43.6 Å². The van der Waals surface area contributed by atoms with Crippen LogP contribution in [-0.2, 0) is 20.9 Å². The van der Waals surface area contributed by atoms with E-state index in [4.69, 9.17) is 4.74 Å². The third-order valence-electron chi connectivity index (χ3n) is 3.99. The third-order valence-corrected chi connectivity index (χ3v) is 4.48. The van der Waals surface area contributed by atoms with Gasteiger partial charge in [-0.3, -0.25) is 19.3 Å². The maximum Gasteiger partial charge on any atom is 0.262 e. The molecule has 27 heavy (non-hydrogen) atoms. The quantitative estimate of drug-likeness (QED) is 0.707. The van der Waals surface area contributed by atoms with E-state index >= 15 is 0 Å². The molecule has 0 atom stereocenters. The van der Waals surface area contributed by atoms with Gasteiger partial charge in [0.1, 0.15) is 0 Å². The summed E-state index contributed by atoms with van der Waals surface area (Å²) in [5, 5.41) is 2.64. The van der Waals surface area contributed by atoms with Crippen LogP contribution in [0, 0.1) is 5.82 Å². The number of amides is 3. The molecule has 6 nitrogen and oxygen atoms in total. The van der Waals surface area contributed by atoms with Gasteiger partial charge < -0.3 is 10.1 Å². The summed E-state index contributed by atoms with van der Waals surface area (Å²) in [5.74, 6) is -1.35. The topological polar surface area (TPSA) is 75.7 Å². The Morgan fingerprint density at radius 3 is 2.41 bits per heavy atom. The van der Waals surface area contributed by atoms with Crippen molar-refractivity contribution in [1.82, 2.24) is 4.90 Å². The van der Waals surface area contributed by atoms with Gasteiger partial charge in [0.2, 0.25) is 11.8 Å². The smallest absolute Gasteiger partial charge is 0.262 e. The number of hydrogen-bond donors (Lipinski definition) is 1. The molecule has 1 aliphatic heterocycles. The standard InChI is InChI=1S/C19H16BrFN2O4/c20-13-3-6-16(15(21)9-13)27-11-17(24)22-14-4-1-12(2-5-14)10-23-18(25)7-8-19(23)26/h1-6,9H,7-8,10-11H2,(H,22,24). The van der Waals surface area contributed by atoms with Crippen molar-refractivity contribution < 1.29 is 23.5 Å². The second-order valence-corrected chi connectivity index (χ2v) is 6.90. The Morgan fingerprint density at radius 1 is 1.11 bits per heavy atom. The van der Waals surface area contributed by atoms with Crippen LogP contribution in [0.4, 0.5) is 10.1 Å². The van der Waals surface area contributed by atoms with Gasteiger partial charge in [0.05, 0.1) is 6.54 Å². The van der Waals surface area contributed by atoms with E-state index in [9.17, 15) is 18.8 Å². The van der Waals surface area contributed by atoms with Crippen molar-refractivity contribution >= 4 is 39.3 Å². The minimum atomic E-state index is -0.562. The monoisotopic (exact) mass is 434 g/mol. The number of nitrogens with one attached hydrogen (secondary N) is 1. The molecule has 0 spiro atoms. The summed E-state index contributed by atoms with van der Waals surface area (Å²) in [6.45, 7) is -0.116. The van der Waals surface area contributed by atoms with Gasteiger partial charge in [-0.2, -0.15) is 0 Å². The molecule has 0 unspecified atom stereocenters. The van der Waals surface area contributed by atoms with Crippen molar-refractivity contribution in [2.24, 2.45) is 0 Å². The van der Waals surface area contributed by atoms with Crippen molar-refractivity contribution in [3.63, 3.8) is 0 Å². The second-order valence-electron chi connectivity index (χ2n) is 5.98. The van der Waals surface area contributed by atoms with Crippen LogP contribution in [0.2, 0.25) is 0 Å². The molecule has 0 aliphatic carbocycles. The highest BCUT2D eigenvalue weighted by molar-refractivity contribution is 9.10. The zero-order chi connectivity index (χ0) is 19.4. The molecular weight excluding hydrogens is 419 g/mol. The number of carbonyl (C=O) groups is 3. The number of anilines is 1. The maximum atomic E-state index is 13.7. The highest BCUT2D eigenvalue weighted by Gasteiger charge is 2.28. The van der Waals surface area contributed by atoms with Crippen molar-refractivity contribution in [3.8, 4) is 5.75 Å². The highest BCUT2D eigenvalue weighted by atomic mass is 79.9. The summed E-state index contributed by atoms with van der Waals surface area (Å²) in [5.41, 5.74) is 1.31. The first-order valence-corrected chi connectivity index (χ1v) is 9.01. The number of nitrogens with zero attached hydrogens (tertiary/aromatic N) is 1. The molecule has 0 bridgehead atoms. The summed E-state index contributed by atoms with van der Waals surface area (Å²) >= 11 is 3.15. The Labute approximate surface area is 163 Å². The molecule has 1 aliphatic rings. The summed E-state index contributed by atoms with van der Waals surface area (Å²) in [7, 11) is 0. The first-order valence-electron chi connectivity index (χ1n) is 8.22. The van der Waals surface area contributed by atoms with Crippen molar-refractivity contribution in [2.45, 2.75) is 19.4 Å². The van der Waals surface area contributed by atoms with E-state index < -0.39 is 11.7 Å². The molecule has 0 radical (unpaired) electrons. The number of halogens is 2. The molecule has 8 heteroatoms. The van der Waals surface area contributed by atoms with E-state index in [0.29, 0.717) is 10.2 Å². The van der Waals surface area contributed by atoms with Crippen LogP contribution < -0.4 is 10.1 Å². The number of likely N-dealkylation sites (tertiary alicyclic amines) is 1. The number of rotatable bonds is 6. The molecule has 0 aromatic heterocycles. The van der Waals surface area contributed by atoms with E-state index in [1.54, 1.807) is 30.3 Å². The van der Waals surface area contributed by atoms with Gasteiger partial charge in [0.25, 0.3) is 5.91 Å². The van der Waals surface area contributed by atoms with Gasteiger partial charge in [-0.25, -0.2) is 4.39 Å². The molecule has 2 aromatic rings. The van der Waals surface area contributed by atoms with Crippen LogP contribution in [0.15, 0.2) is 46.9 Å². The zero-order valence-corrected chi connectivity index (χ0v) is 15.8. The Hall–Kier alpha value is -2.74. The number of carbonyl (C=O) groups excluding carboxylic acids is 3. The lowest BCUT2D eigenvalue weighted by Gasteiger charge is -2.14. The molecule has 140 valence electrons. The van der Waals surface area contributed by atoms with Gasteiger partial charge in [-0.15, -0.1) is 0 Å².